The molecule has 1 heterocycles. The zero-order chi connectivity index (χ0) is 13.9. The standard InChI is InChI=1S/C14H17NO3S/c1-12-7-9-13(10-8-12)19(17,18)15-11-5-3-2-4-6-14(15)16/h2,4,7-10H,3,5-6,11H2,1H3/b4-2-. The summed E-state index contributed by atoms with van der Waals surface area (Å²) >= 11 is 0. The first-order valence-corrected chi connectivity index (χ1v) is 7.73. The second-order valence-electron chi connectivity index (χ2n) is 4.60. The van der Waals surface area contributed by atoms with Crippen LogP contribution in [0.15, 0.2) is 41.3 Å². The Bertz CT molecular complexity index is 588. The van der Waals surface area contributed by atoms with E-state index in [1.54, 1.807) is 30.3 Å². The third-order valence-electron chi connectivity index (χ3n) is 3.08. The van der Waals surface area contributed by atoms with E-state index >= 15 is 0 Å². The normalized spacial score (nSPS) is 18.8. The van der Waals surface area contributed by atoms with Crippen molar-refractivity contribution in [3.8, 4) is 0 Å². The number of sulfonamides is 1. The van der Waals surface area contributed by atoms with Gasteiger partial charge in [0, 0.05) is 13.0 Å². The predicted octanol–water partition coefficient (Wildman–Crippen LogP) is 2.25. The number of allylic oxidation sites excluding steroid dienone is 1. The molecule has 0 atom stereocenters. The average molecular weight is 279 g/mol. The lowest BCUT2D eigenvalue weighted by Gasteiger charge is -2.23. The van der Waals surface area contributed by atoms with Crippen molar-refractivity contribution in [1.29, 1.82) is 0 Å². The largest absolute Gasteiger partial charge is 0.273 e. The van der Waals surface area contributed by atoms with E-state index in [9.17, 15) is 13.2 Å². The summed E-state index contributed by atoms with van der Waals surface area (Å²) in [5, 5.41) is 0. The van der Waals surface area contributed by atoms with Gasteiger partial charge in [0.15, 0.2) is 0 Å². The summed E-state index contributed by atoms with van der Waals surface area (Å²) in [5.41, 5.74) is 0.987. The molecule has 0 radical (unpaired) electrons. The maximum atomic E-state index is 12.5. The van der Waals surface area contributed by atoms with Crippen LogP contribution in [-0.4, -0.2) is 25.2 Å². The molecule has 1 aliphatic heterocycles. The number of amides is 1. The summed E-state index contributed by atoms with van der Waals surface area (Å²) in [6, 6.07) is 6.57. The highest BCUT2D eigenvalue weighted by atomic mass is 32.2. The molecule has 2 rings (SSSR count). The molecule has 1 aliphatic rings. The van der Waals surface area contributed by atoms with Crippen molar-refractivity contribution >= 4 is 15.9 Å². The van der Waals surface area contributed by atoms with Gasteiger partial charge in [-0.15, -0.1) is 0 Å². The monoisotopic (exact) mass is 279 g/mol. The molecule has 4 nitrogen and oxygen atoms in total. The summed E-state index contributed by atoms with van der Waals surface area (Å²) in [5.74, 6) is -0.364. The van der Waals surface area contributed by atoms with Crippen molar-refractivity contribution in [3.63, 3.8) is 0 Å². The van der Waals surface area contributed by atoms with Crippen LogP contribution in [0.5, 0.6) is 0 Å². The van der Waals surface area contributed by atoms with E-state index in [0.717, 1.165) is 16.3 Å². The van der Waals surface area contributed by atoms with Gasteiger partial charge < -0.3 is 0 Å². The van der Waals surface area contributed by atoms with Crippen molar-refractivity contribution in [2.45, 2.75) is 31.1 Å². The Kier molecular flexibility index (Phi) is 4.04. The molecule has 5 heteroatoms. The lowest BCUT2D eigenvalue weighted by molar-refractivity contribution is -0.125. The number of hydrogen-bond acceptors (Lipinski definition) is 3. The molecule has 0 N–H and O–H groups in total. The van der Waals surface area contributed by atoms with E-state index in [1.807, 2.05) is 13.0 Å². The lowest BCUT2D eigenvalue weighted by atomic mass is 10.2. The maximum Gasteiger partial charge on any atom is 0.266 e. The summed E-state index contributed by atoms with van der Waals surface area (Å²) in [6.45, 7) is 2.14. The highest BCUT2D eigenvalue weighted by Gasteiger charge is 2.28. The highest BCUT2D eigenvalue weighted by Crippen LogP contribution is 2.19. The van der Waals surface area contributed by atoms with Gasteiger partial charge in [-0.05, 0) is 31.9 Å². The smallest absolute Gasteiger partial charge is 0.266 e. The summed E-state index contributed by atoms with van der Waals surface area (Å²) in [7, 11) is -3.72. The molecular weight excluding hydrogens is 262 g/mol. The quantitative estimate of drug-likeness (QED) is 0.780. The molecule has 0 unspecified atom stereocenters. The van der Waals surface area contributed by atoms with Crippen LogP contribution in [0.25, 0.3) is 0 Å². The first-order chi connectivity index (χ1) is 9.01. The second kappa shape index (κ2) is 5.57. The number of benzene rings is 1. The second-order valence-corrected chi connectivity index (χ2v) is 6.46. The van der Waals surface area contributed by atoms with Gasteiger partial charge in [0.2, 0.25) is 5.91 Å². The molecule has 0 bridgehead atoms. The van der Waals surface area contributed by atoms with Crippen LogP contribution < -0.4 is 0 Å². The molecule has 0 fully saturated rings. The maximum absolute atomic E-state index is 12.5. The Hall–Kier alpha value is -1.62. The average Bonchev–Trinajstić information content (AvgIpc) is 2.34. The third kappa shape index (κ3) is 3.04. The van der Waals surface area contributed by atoms with Gasteiger partial charge in [-0.1, -0.05) is 29.8 Å². The molecule has 0 spiro atoms. The minimum Gasteiger partial charge on any atom is -0.273 e. The van der Waals surface area contributed by atoms with Crippen LogP contribution in [0, 0.1) is 6.92 Å². The van der Waals surface area contributed by atoms with Crippen LogP contribution in [0.1, 0.15) is 24.8 Å². The van der Waals surface area contributed by atoms with Gasteiger partial charge >= 0.3 is 0 Å². The first-order valence-electron chi connectivity index (χ1n) is 6.29. The van der Waals surface area contributed by atoms with Crippen LogP contribution >= 0.6 is 0 Å². The SMILES string of the molecule is Cc1ccc(S(=O)(=O)N2CCC/C=C\CC2=O)cc1. The van der Waals surface area contributed by atoms with E-state index in [-0.39, 0.29) is 23.8 Å². The topological polar surface area (TPSA) is 54.5 Å². The van der Waals surface area contributed by atoms with Gasteiger partial charge in [0.1, 0.15) is 0 Å². The van der Waals surface area contributed by atoms with Gasteiger partial charge in [-0.3, -0.25) is 4.79 Å². The number of rotatable bonds is 2. The third-order valence-corrected chi connectivity index (χ3v) is 4.91. The Morgan fingerprint density at radius 3 is 2.47 bits per heavy atom. The fourth-order valence-electron chi connectivity index (χ4n) is 1.97. The van der Waals surface area contributed by atoms with E-state index < -0.39 is 10.0 Å². The van der Waals surface area contributed by atoms with Crippen molar-refractivity contribution in [1.82, 2.24) is 4.31 Å². The molecule has 0 saturated heterocycles. The van der Waals surface area contributed by atoms with Crippen LogP contribution in [-0.2, 0) is 14.8 Å². The fraction of sp³-hybridized carbons (Fsp3) is 0.357. The molecule has 0 aromatic heterocycles. The summed E-state index contributed by atoms with van der Waals surface area (Å²) < 4.78 is 25.9. The highest BCUT2D eigenvalue weighted by molar-refractivity contribution is 7.89. The molecule has 102 valence electrons. The van der Waals surface area contributed by atoms with Gasteiger partial charge in [0.25, 0.3) is 10.0 Å². The predicted molar refractivity (Wildman–Crippen MR) is 73.1 cm³/mol. The van der Waals surface area contributed by atoms with Gasteiger partial charge in [0.05, 0.1) is 4.90 Å². The van der Waals surface area contributed by atoms with Gasteiger partial charge in [-0.25, -0.2) is 12.7 Å². The molecule has 1 amide bonds. The van der Waals surface area contributed by atoms with E-state index in [0.29, 0.717) is 6.42 Å². The number of carbonyl (C=O) groups excluding carboxylic acids is 1. The molecule has 19 heavy (non-hydrogen) atoms. The molecule has 0 saturated carbocycles. The lowest BCUT2D eigenvalue weighted by Crippen LogP contribution is -2.37. The molecule has 1 aromatic rings. The van der Waals surface area contributed by atoms with Crippen molar-refractivity contribution in [2.24, 2.45) is 0 Å². The van der Waals surface area contributed by atoms with E-state index in [1.165, 1.54) is 0 Å². The van der Waals surface area contributed by atoms with Crippen LogP contribution in [0.4, 0.5) is 0 Å². The zero-order valence-electron chi connectivity index (χ0n) is 10.9. The minimum absolute atomic E-state index is 0.144. The van der Waals surface area contributed by atoms with Crippen molar-refractivity contribution in [3.05, 3.63) is 42.0 Å². The van der Waals surface area contributed by atoms with Gasteiger partial charge in [-0.2, -0.15) is 0 Å². The van der Waals surface area contributed by atoms with E-state index in [4.69, 9.17) is 0 Å². The fourth-order valence-corrected chi connectivity index (χ4v) is 3.42. The number of hydrogen-bond donors (Lipinski definition) is 0. The summed E-state index contributed by atoms with van der Waals surface area (Å²) in [6.07, 6.45) is 5.26. The number of carbonyl (C=O) groups is 1. The minimum atomic E-state index is -3.72. The molecule has 1 aromatic carbocycles. The van der Waals surface area contributed by atoms with Crippen LogP contribution in [0.2, 0.25) is 0 Å². The Balaban J connectivity index is 2.34. The zero-order valence-corrected chi connectivity index (χ0v) is 11.7. The molecular formula is C14H17NO3S. The van der Waals surface area contributed by atoms with E-state index in [2.05, 4.69) is 0 Å². The van der Waals surface area contributed by atoms with Crippen LogP contribution in [0.3, 0.4) is 0 Å². The first kappa shape index (κ1) is 13.8. The summed E-state index contributed by atoms with van der Waals surface area (Å²) in [4.78, 5) is 12.1. The van der Waals surface area contributed by atoms with Crippen molar-refractivity contribution in [2.75, 3.05) is 6.54 Å². The Labute approximate surface area is 113 Å². The number of aryl methyl sites for hydroxylation is 1. The number of nitrogens with zero attached hydrogens (tertiary/aromatic N) is 1. The Morgan fingerprint density at radius 2 is 1.79 bits per heavy atom. The Morgan fingerprint density at radius 1 is 1.11 bits per heavy atom. The van der Waals surface area contributed by atoms with Crippen molar-refractivity contribution < 1.29 is 13.2 Å². The molecule has 0 aliphatic carbocycles.